The lowest BCUT2D eigenvalue weighted by Crippen LogP contribution is -2.52. The number of aryl methyl sites for hydroxylation is 2. The SMILES string of the molecule is Cc1cc(C)n(CCN2CCN(C(=O)C(C)Oc3ccccc3)CC2)n1. The van der Waals surface area contributed by atoms with Gasteiger partial charge in [0, 0.05) is 38.4 Å². The smallest absolute Gasteiger partial charge is 0.263 e. The molecule has 6 heteroatoms. The summed E-state index contributed by atoms with van der Waals surface area (Å²) in [5.41, 5.74) is 2.26. The number of carbonyl (C=O) groups excluding carboxylic acids is 1. The standard InChI is InChI=1S/C20H28N4O2/c1-16-15-17(2)24(21-16)14-11-22-9-12-23(13-10-22)20(25)18(3)26-19-7-5-4-6-8-19/h4-8,15,18H,9-14H2,1-3H3. The average molecular weight is 356 g/mol. The molecule has 1 atom stereocenters. The van der Waals surface area contributed by atoms with E-state index in [1.165, 1.54) is 5.69 Å². The Balaban J connectivity index is 1.44. The van der Waals surface area contributed by atoms with E-state index in [1.54, 1.807) is 0 Å². The summed E-state index contributed by atoms with van der Waals surface area (Å²) in [6, 6.07) is 11.6. The maximum atomic E-state index is 12.6. The van der Waals surface area contributed by atoms with Crippen molar-refractivity contribution in [3.8, 4) is 5.75 Å². The summed E-state index contributed by atoms with van der Waals surface area (Å²) < 4.78 is 7.82. The van der Waals surface area contributed by atoms with Crippen LogP contribution in [0.3, 0.4) is 0 Å². The van der Waals surface area contributed by atoms with E-state index in [4.69, 9.17) is 4.74 Å². The van der Waals surface area contributed by atoms with Crippen molar-refractivity contribution in [3.05, 3.63) is 47.8 Å². The van der Waals surface area contributed by atoms with Gasteiger partial charge in [0.2, 0.25) is 0 Å². The van der Waals surface area contributed by atoms with E-state index in [0.29, 0.717) is 0 Å². The maximum absolute atomic E-state index is 12.6. The van der Waals surface area contributed by atoms with E-state index in [0.717, 1.165) is 50.7 Å². The van der Waals surface area contributed by atoms with Crippen LogP contribution < -0.4 is 4.74 Å². The van der Waals surface area contributed by atoms with Crippen LogP contribution in [0.2, 0.25) is 0 Å². The summed E-state index contributed by atoms with van der Waals surface area (Å²) in [6.45, 7) is 11.1. The quantitative estimate of drug-likeness (QED) is 0.795. The highest BCUT2D eigenvalue weighted by Gasteiger charge is 2.26. The van der Waals surface area contributed by atoms with Crippen molar-refractivity contribution in [1.29, 1.82) is 0 Å². The number of ether oxygens (including phenoxy) is 1. The van der Waals surface area contributed by atoms with Gasteiger partial charge in [0.05, 0.1) is 12.2 Å². The number of para-hydroxylation sites is 1. The summed E-state index contributed by atoms with van der Waals surface area (Å²) in [4.78, 5) is 16.9. The predicted octanol–water partition coefficient (Wildman–Crippen LogP) is 2.11. The number of nitrogens with zero attached hydrogens (tertiary/aromatic N) is 4. The summed E-state index contributed by atoms with van der Waals surface area (Å²) >= 11 is 0. The third-order valence-corrected chi connectivity index (χ3v) is 4.82. The van der Waals surface area contributed by atoms with Crippen molar-refractivity contribution in [3.63, 3.8) is 0 Å². The Kier molecular flexibility index (Phi) is 5.93. The van der Waals surface area contributed by atoms with E-state index in [-0.39, 0.29) is 5.91 Å². The molecule has 0 saturated carbocycles. The lowest BCUT2D eigenvalue weighted by Gasteiger charge is -2.35. The Labute approximate surface area is 155 Å². The summed E-state index contributed by atoms with van der Waals surface area (Å²) in [5.74, 6) is 0.795. The minimum atomic E-state index is -0.460. The minimum Gasteiger partial charge on any atom is -0.481 e. The molecule has 2 heterocycles. The molecular weight excluding hydrogens is 328 g/mol. The number of carbonyl (C=O) groups is 1. The number of aromatic nitrogens is 2. The van der Waals surface area contributed by atoms with Crippen molar-refractivity contribution in [1.82, 2.24) is 19.6 Å². The largest absolute Gasteiger partial charge is 0.481 e. The van der Waals surface area contributed by atoms with Crippen LogP contribution in [0, 0.1) is 13.8 Å². The van der Waals surface area contributed by atoms with Gasteiger partial charge in [0.25, 0.3) is 5.91 Å². The summed E-state index contributed by atoms with van der Waals surface area (Å²) in [6.07, 6.45) is -0.460. The zero-order valence-corrected chi connectivity index (χ0v) is 15.9. The average Bonchev–Trinajstić information content (AvgIpc) is 2.98. The second-order valence-electron chi connectivity index (χ2n) is 6.89. The molecule has 0 radical (unpaired) electrons. The van der Waals surface area contributed by atoms with Crippen molar-refractivity contribution < 1.29 is 9.53 Å². The molecule has 1 unspecified atom stereocenters. The van der Waals surface area contributed by atoms with Crippen molar-refractivity contribution >= 4 is 5.91 Å². The molecule has 1 saturated heterocycles. The van der Waals surface area contributed by atoms with Crippen molar-refractivity contribution in [2.45, 2.75) is 33.4 Å². The maximum Gasteiger partial charge on any atom is 0.263 e. The number of hydrogen-bond donors (Lipinski definition) is 0. The van der Waals surface area contributed by atoms with Gasteiger partial charge in [0.1, 0.15) is 5.75 Å². The minimum absolute atomic E-state index is 0.0621. The molecule has 0 spiro atoms. The number of amides is 1. The highest BCUT2D eigenvalue weighted by Crippen LogP contribution is 2.13. The zero-order chi connectivity index (χ0) is 18.5. The van der Waals surface area contributed by atoms with Crippen LogP contribution in [0.1, 0.15) is 18.3 Å². The molecule has 0 bridgehead atoms. The number of rotatable bonds is 6. The molecule has 1 aliphatic heterocycles. The molecule has 0 aliphatic carbocycles. The molecule has 3 rings (SSSR count). The lowest BCUT2D eigenvalue weighted by molar-refractivity contribution is -0.139. The predicted molar refractivity (Wildman–Crippen MR) is 101 cm³/mol. The lowest BCUT2D eigenvalue weighted by atomic mass is 10.2. The molecule has 1 fully saturated rings. The van der Waals surface area contributed by atoms with Crippen LogP contribution in [0.25, 0.3) is 0 Å². The second-order valence-corrected chi connectivity index (χ2v) is 6.89. The zero-order valence-electron chi connectivity index (χ0n) is 15.9. The molecule has 1 aromatic heterocycles. The fraction of sp³-hybridized carbons (Fsp3) is 0.500. The van der Waals surface area contributed by atoms with Crippen LogP contribution in [0.15, 0.2) is 36.4 Å². The topological polar surface area (TPSA) is 50.6 Å². The van der Waals surface area contributed by atoms with Gasteiger partial charge in [-0.3, -0.25) is 14.4 Å². The Hall–Kier alpha value is -2.34. The van der Waals surface area contributed by atoms with Crippen LogP contribution in [-0.4, -0.2) is 64.3 Å². The normalized spacial score (nSPS) is 16.5. The molecule has 1 amide bonds. The molecule has 26 heavy (non-hydrogen) atoms. The van der Waals surface area contributed by atoms with E-state index < -0.39 is 6.10 Å². The first-order valence-corrected chi connectivity index (χ1v) is 9.27. The second kappa shape index (κ2) is 8.36. The van der Waals surface area contributed by atoms with Gasteiger partial charge in [-0.05, 0) is 39.0 Å². The van der Waals surface area contributed by atoms with Crippen LogP contribution in [0.4, 0.5) is 0 Å². The third kappa shape index (κ3) is 4.64. The molecule has 0 N–H and O–H groups in total. The van der Waals surface area contributed by atoms with E-state index >= 15 is 0 Å². The van der Waals surface area contributed by atoms with Gasteiger partial charge in [-0.1, -0.05) is 18.2 Å². The highest BCUT2D eigenvalue weighted by atomic mass is 16.5. The highest BCUT2D eigenvalue weighted by molar-refractivity contribution is 5.81. The molecule has 1 aliphatic rings. The molecule has 2 aromatic rings. The Morgan fingerprint density at radius 3 is 2.42 bits per heavy atom. The Morgan fingerprint density at radius 1 is 1.12 bits per heavy atom. The van der Waals surface area contributed by atoms with Gasteiger partial charge in [0.15, 0.2) is 6.10 Å². The summed E-state index contributed by atoms with van der Waals surface area (Å²) in [7, 11) is 0. The first kappa shape index (κ1) is 18.5. The van der Waals surface area contributed by atoms with E-state index in [1.807, 2.05) is 49.1 Å². The van der Waals surface area contributed by atoms with E-state index in [9.17, 15) is 4.79 Å². The first-order valence-electron chi connectivity index (χ1n) is 9.27. The molecular formula is C20H28N4O2. The number of piperazine rings is 1. The van der Waals surface area contributed by atoms with Crippen LogP contribution in [0.5, 0.6) is 5.75 Å². The monoisotopic (exact) mass is 356 g/mol. The van der Waals surface area contributed by atoms with Crippen molar-refractivity contribution in [2.75, 3.05) is 32.7 Å². The van der Waals surface area contributed by atoms with E-state index in [2.05, 4.69) is 27.7 Å². The van der Waals surface area contributed by atoms with Crippen molar-refractivity contribution in [2.24, 2.45) is 0 Å². The van der Waals surface area contributed by atoms with Gasteiger partial charge in [-0.2, -0.15) is 5.10 Å². The molecule has 140 valence electrons. The first-order chi connectivity index (χ1) is 12.5. The fourth-order valence-electron chi connectivity index (χ4n) is 3.34. The van der Waals surface area contributed by atoms with Gasteiger partial charge >= 0.3 is 0 Å². The fourth-order valence-corrected chi connectivity index (χ4v) is 3.34. The van der Waals surface area contributed by atoms with Crippen LogP contribution in [-0.2, 0) is 11.3 Å². The van der Waals surface area contributed by atoms with Gasteiger partial charge < -0.3 is 9.64 Å². The number of hydrogen-bond acceptors (Lipinski definition) is 4. The van der Waals surface area contributed by atoms with Gasteiger partial charge in [-0.15, -0.1) is 0 Å². The Bertz CT molecular complexity index is 721. The van der Waals surface area contributed by atoms with Gasteiger partial charge in [-0.25, -0.2) is 0 Å². The third-order valence-electron chi connectivity index (χ3n) is 4.82. The number of benzene rings is 1. The molecule has 1 aromatic carbocycles. The van der Waals surface area contributed by atoms with Crippen LogP contribution >= 0.6 is 0 Å². The Morgan fingerprint density at radius 2 is 1.81 bits per heavy atom. The molecule has 6 nitrogen and oxygen atoms in total. The summed E-state index contributed by atoms with van der Waals surface area (Å²) in [5, 5.41) is 4.51.